The number of hydrogen-bond acceptors (Lipinski definition) is 2. The van der Waals surface area contributed by atoms with Crippen LogP contribution in [0.25, 0.3) is 0 Å². The summed E-state index contributed by atoms with van der Waals surface area (Å²) in [5.41, 5.74) is 0. The van der Waals surface area contributed by atoms with E-state index in [1.807, 2.05) is 0 Å². The van der Waals surface area contributed by atoms with Gasteiger partial charge in [0.1, 0.15) is 11.6 Å². The van der Waals surface area contributed by atoms with E-state index in [0.29, 0.717) is 0 Å². The van der Waals surface area contributed by atoms with Crippen LogP contribution in [0.15, 0.2) is 0 Å². The van der Waals surface area contributed by atoms with Gasteiger partial charge in [-0.2, -0.15) is 0 Å². The van der Waals surface area contributed by atoms with E-state index in [0.717, 1.165) is 0 Å². The summed E-state index contributed by atoms with van der Waals surface area (Å²) in [7, 11) is 0. The van der Waals surface area contributed by atoms with E-state index in [9.17, 15) is 9.59 Å². The van der Waals surface area contributed by atoms with Crippen LogP contribution in [0.3, 0.4) is 0 Å². The van der Waals surface area contributed by atoms with Crippen molar-refractivity contribution in [1.82, 2.24) is 0 Å². The number of Topliss-reactive ketones (excluding diaryl/α,β-unsaturated/α-hetero) is 2. The van der Waals surface area contributed by atoms with Crippen molar-refractivity contribution < 1.29 is 30.7 Å². The van der Waals surface area contributed by atoms with Crippen LogP contribution in [-0.2, 0) is 30.7 Å². The molecule has 0 aliphatic carbocycles. The summed E-state index contributed by atoms with van der Waals surface area (Å²) in [5.74, 6) is 0.333. The van der Waals surface area contributed by atoms with Crippen LogP contribution < -0.4 is 0 Å². The minimum atomic E-state index is 0. The van der Waals surface area contributed by atoms with Crippen LogP contribution in [-0.4, -0.2) is 11.6 Å². The van der Waals surface area contributed by atoms with Gasteiger partial charge in [0.25, 0.3) is 0 Å². The zero-order chi connectivity index (χ0) is 7.15. The van der Waals surface area contributed by atoms with Gasteiger partial charge in [0, 0.05) is 21.1 Å². The van der Waals surface area contributed by atoms with Gasteiger partial charge < -0.3 is 9.59 Å². The van der Waals surface area contributed by atoms with Crippen molar-refractivity contribution in [1.29, 1.82) is 0 Å². The number of rotatable bonds is 0. The molecule has 0 amide bonds. The van der Waals surface area contributed by atoms with Crippen molar-refractivity contribution in [2.75, 3.05) is 0 Å². The smallest absolute Gasteiger partial charge is 0.126 e. The first-order valence-electron chi connectivity index (χ1n) is 2.41. The average Bonchev–Trinajstić information content (AvgIpc) is 1.25. The van der Waals surface area contributed by atoms with Gasteiger partial charge in [-0.15, -0.1) is 0 Å². The average molecular weight is 311 g/mol. The molecule has 0 aromatic carbocycles. The van der Waals surface area contributed by atoms with Crippen LogP contribution in [0.5, 0.6) is 0 Å². The molecule has 0 atom stereocenters. The molecular weight excluding hydrogens is 299 g/mol. The van der Waals surface area contributed by atoms with E-state index in [2.05, 4.69) is 0 Å². The van der Waals surface area contributed by atoms with Crippen LogP contribution in [0.2, 0.25) is 0 Å². The molecule has 0 aromatic heterocycles. The normalized spacial score (nSPS) is 5.78. The Morgan fingerprint density at radius 1 is 0.778 bits per heavy atom. The third kappa shape index (κ3) is 364000. The quantitative estimate of drug-likeness (QED) is 0.673. The SMILES string of the molecule is CC(C)=O.CC(C)=O.[Pt]. The summed E-state index contributed by atoms with van der Waals surface area (Å²) < 4.78 is 0. The van der Waals surface area contributed by atoms with Crippen LogP contribution in [0.4, 0.5) is 0 Å². The zero-order valence-corrected chi connectivity index (χ0v) is 8.40. The maximum absolute atomic E-state index is 9.44. The van der Waals surface area contributed by atoms with Gasteiger partial charge in [0.15, 0.2) is 0 Å². The predicted molar refractivity (Wildman–Crippen MR) is 32.7 cm³/mol. The summed E-state index contributed by atoms with van der Waals surface area (Å²) in [6, 6.07) is 0. The fourth-order valence-electron chi connectivity index (χ4n) is 0. The Morgan fingerprint density at radius 2 is 0.778 bits per heavy atom. The van der Waals surface area contributed by atoms with E-state index in [-0.39, 0.29) is 32.6 Å². The van der Waals surface area contributed by atoms with E-state index < -0.39 is 0 Å². The standard InChI is InChI=1S/2C3H6O.Pt/c2*1-3(2)4;/h2*1-2H3;. The molecule has 0 heterocycles. The van der Waals surface area contributed by atoms with Crippen LogP contribution >= 0.6 is 0 Å². The topological polar surface area (TPSA) is 34.1 Å². The first kappa shape index (κ1) is 16.0. The summed E-state index contributed by atoms with van der Waals surface area (Å²) >= 11 is 0. The molecule has 0 bridgehead atoms. The van der Waals surface area contributed by atoms with E-state index in [1.165, 1.54) is 27.7 Å². The molecular formula is C6H12O2Pt. The van der Waals surface area contributed by atoms with Gasteiger partial charge in [-0.05, 0) is 27.7 Å². The Bertz CT molecular complexity index is 69.1. The molecule has 0 aliphatic rings. The Labute approximate surface area is 70.3 Å². The molecule has 2 nitrogen and oxygen atoms in total. The van der Waals surface area contributed by atoms with Gasteiger partial charge in [0.2, 0.25) is 0 Å². The van der Waals surface area contributed by atoms with E-state index >= 15 is 0 Å². The Morgan fingerprint density at radius 3 is 0.778 bits per heavy atom. The van der Waals surface area contributed by atoms with Crippen molar-refractivity contribution in [2.45, 2.75) is 27.7 Å². The Balaban J connectivity index is -0.0000000720. The molecule has 0 unspecified atom stereocenters. The van der Waals surface area contributed by atoms with E-state index in [4.69, 9.17) is 0 Å². The number of ketones is 2. The Hall–Kier alpha value is 0.0283. The maximum Gasteiger partial charge on any atom is 0.126 e. The largest absolute Gasteiger partial charge is 0.300 e. The van der Waals surface area contributed by atoms with Crippen molar-refractivity contribution in [3.8, 4) is 0 Å². The fourth-order valence-corrected chi connectivity index (χ4v) is 0. The molecule has 9 heavy (non-hydrogen) atoms. The van der Waals surface area contributed by atoms with Gasteiger partial charge in [-0.25, -0.2) is 0 Å². The van der Waals surface area contributed by atoms with Crippen molar-refractivity contribution >= 4 is 11.6 Å². The fraction of sp³-hybridized carbons (Fsp3) is 0.667. The monoisotopic (exact) mass is 311 g/mol. The third-order valence-corrected chi connectivity index (χ3v) is 0. The zero-order valence-electron chi connectivity index (χ0n) is 6.13. The van der Waals surface area contributed by atoms with Gasteiger partial charge in [-0.1, -0.05) is 0 Å². The van der Waals surface area contributed by atoms with Crippen LogP contribution in [0, 0.1) is 0 Å². The Kier molecular flexibility index (Phi) is 19.4. The van der Waals surface area contributed by atoms with Crippen molar-refractivity contribution in [3.05, 3.63) is 0 Å². The predicted octanol–water partition coefficient (Wildman–Crippen LogP) is 1.19. The molecule has 0 rings (SSSR count). The second-order valence-electron chi connectivity index (χ2n) is 1.82. The second-order valence-corrected chi connectivity index (χ2v) is 1.82. The van der Waals surface area contributed by atoms with Gasteiger partial charge >= 0.3 is 0 Å². The third-order valence-electron chi connectivity index (χ3n) is 0. The van der Waals surface area contributed by atoms with Crippen molar-refractivity contribution in [3.63, 3.8) is 0 Å². The molecule has 0 spiro atoms. The van der Waals surface area contributed by atoms with Gasteiger partial charge in [-0.3, -0.25) is 0 Å². The molecule has 0 radical (unpaired) electrons. The minimum absolute atomic E-state index is 0. The summed E-state index contributed by atoms with van der Waals surface area (Å²) in [6.45, 7) is 6.11. The van der Waals surface area contributed by atoms with Crippen LogP contribution in [0.1, 0.15) is 27.7 Å². The summed E-state index contributed by atoms with van der Waals surface area (Å²) in [6.07, 6.45) is 0. The molecule has 0 fully saturated rings. The minimum Gasteiger partial charge on any atom is -0.300 e. The van der Waals surface area contributed by atoms with E-state index in [1.54, 1.807) is 0 Å². The molecule has 0 saturated heterocycles. The molecule has 0 aromatic rings. The molecule has 0 saturated carbocycles. The number of hydrogen-bond donors (Lipinski definition) is 0. The summed E-state index contributed by atoms with van der Waals surface area (Å²) in [5, 5.41) is 0. The maximum atomic E-state index is 9.44. The summed E-state index contributed by atoms with van der Waals surface area (Å²) in [4.78, 5) is 18.9. The molecule has 0 N–H and O–H groups in total. The first-order valence-corrected chi connectivity index (χ1v) is 2.41. The molecule has 58 valence electrons. The number of carbonyl (C=O) groups excluding carboxylic acids is 2. The molecule has 3 heteroatoms. The van der Waals surface area contributed by atoms with Gasteiger partial charge in [0.05, 0.1) is 0 Å². The van der Waals surface area contributed by atoms with Crippen molar-refractivity contribution in [2.24, 2.45) is 0 Å². The molecule has 0 aliphatic heterocycles. The number of carbonyl (C=O) groups is 2. The second kappa shape index (κ2) is 10.9. The first-order chi connectivity index (χ1) is 3.46.